The summed E-state index contributed by atoms with van der Waals surface area (Å²) in [6.07, 6.45) is 7.00. The van der Waals surface area contributed by atoms with E-state index in [1.807, 2.05) is 6.08 Å². The van der Waals surface area contributed by atoms with Crippen LogP contribution in [0.2, 0.25) is 0 Å². The van der Waals surface area contributed by atoms with Crippen molar-refractivity contribution in [3.8, 4) is 0 Å². The van der Waals surface area contributed by atoms with Crippen LogP contribution in [0.3, 0.4) is 0 Å². The molecule has 0 spiro atoms. The maximum atomic E-state index is 3.86. The molecule has 0 N–H and O–H groups in total. The summed E-state index contributed by atoms with van der Waals surface area (Å²) in [4.78, 5) is 2.55. The lowest BCUT2D eigenvalue weighted by atomic mass is 9.78. The van der Waals surface area contributed by atoms with Gasteiger partial charge in [0.15, 0.2) is 0 Å². The topological polar surface area (TPSA) is 3.24 Å². The van der Waals surface area contributed by atoms with Gasteiger partial charge in [0.05, 0.1) is 0 Å². The van der Waals surface area contributed by atoms with Gasteiger partial charge in [0, 0.05) is 18.6 Å². The molecule has 2 heterocycles. The monoisotopic (exact) mass is 261 g/mol. The largest absolute Gasteiger partial charge is 0.290 e. The van der Waals surface area contributed by atoms with Crippen molar-refractivity contribution in [3.63, 3.8) is 0 Å². The molecule has 1 nitrogen and oxygen atoms in total. The lowest BCUT2D eigenvalue weighted by Gasteiger charge is -2.51. The Hall–Kier alpha value is -1.86. The highest BCUT2D eigenvalue weighted by atomic mass is 15.2. The van der Waals surface area contributed by atoms with Crippen LogP contribution >= 0.6 is 0 Å². The molecule has 2 aromatic rings. The van der Waals surface area contributed by atoms with Crippen molar-refractivity contribution in [1.29, 1.82) is 0 Å². The predicted octanol–water partition coefficient (Wildman–Crippen LogP) is 4.26. The van der Waals surface area contributed by atoms with Crippen LogP contribution in [0.15, 0.2) is 61.2 Å². The summed E-state index contributed by atoms with van der Waals surface area (Å²) in [6, 6.07) is 16.8. The second kappa shape index (κ2) is 4.60. The maximum Gasteiger partial charge on any atom is 0.0305 e. The Balaban J connectivity index is 1.67. The third-order valence-corrected chi connectivity index (χ3v) is 4.72. The lowest BCUT2D eigenvalue weighted by molar-refractivity contribution is 0.0522. The van der Waals surface area contributed by atoms with E-state index in [1.54, 1.807) is 0 Å². The maximum absolute atomic E-state index is 3.86. The second-order valence-electron chi connectivity index (χ2n) is 5.90. The van der Waals surface area contributed by atoms with Crippen LogP contribution in [0.4, 0.5) is 0 Å². The molecule has 2 aromatic carbocycles. The fourth-order valence-corrected chi connectivity index (χ4v) is 3.64. The zero-order valence-corrected chi connectivity index (χ0v) is 11.6. The molecule has 5 rings (SSSR count). The lowest BCUT2D eigenvalue weighted by Crippen LogP contribution is -2.57. The highest BCUT2D eigenvalue weighted by molar-refractivity contribution is 5.86. The minimum absolute atomic E-state index is 0.633. The highest BCUT2D eigenvalue weighted by Crippen LogP contribution is 2.40. The molecule has 3 aliphatic rings. The van der Waals surface area contributed by atoms with Gasteiger partial charge in [-0.05, 0) is 40.8 Å². The summed E-state index contributed by atoms with van der Waals surface area (Å²) in [5.74, 6) is 0. The Morgan fingerprint density at radius 3 is 2.75 bits per heavy atom. The number of benzene rings is 2. The Morgan fingerprint density at radius 2 is 2.00 bits per heavy atom. The van der Waals surface area contributed by atoms with Crippen LogP contribution in [0.1, 0.15) is 18.4 Å². The average molecular weight is 261 g/mol. The zero-order chi connectivity index (χ0) is 13.5. The van der Waals surface area contributed by atoms with Gasteiger partial charge in [-0.25, -0.2) is 0 Å². The standard InChI is InChI=1S/C19H19N/c1-2-9-20-18-11-17(12-19(20)13-18)16-8-7-14-5-3-4-6-15(14)10-16/h2-8,10-11,18-19H,1,9,12-13H2. The summed E-state index contributed by atoms with van der Waals surface area (Å²) in [5.41, 5.74) is 2.92. The molecule has 0 amide bonds. The predicted molar refractivity (Wildman–Crippen MR) is 85.6 cm³/mol. The van der Waals surface area contributed by atoms with E-state index in [0.29, 0.717) is 6.04 Å². The van der Waals surface area contributed by atoms with Crippen molar-refractivity contribution in [2.75, 3.05) is 6.54 Å². The average Bonchev–Trinajstić information content (AvgIpc) is 2.52. The van der Waals surface area contributed by atoms with Gasteiger partial charge in [0.1, 0.15) is 0 Å². The minimum atomic E-state index is 0.633. The first kappa shape index (κ1) is 11.9. The number of fused-ring (bicyclic) bond motifs is 2. The van der Waals surface area contributed by atoms with E-state index in [2.05, 4.69) is 60.0 Å². The number of nitrogens with zero attached hydrogens (tertiary/aromatic N) is 1. The number of rotatable bonds is 3. The number of hydrogen-bond donors (Lipinski definition) is 0. The van der Waals surface area contributed by atoms with Gasteiger partial charge in [0.25, 0.3) is 0 Å². The molecule has 2 aliphatic heterocycles. The molecule has 2 unspecified atom stereocenters. The highest BCUT2D eigenvalue weighted by Gasteiger charge is 2.40. The van der Waals surface area contributed by atoms with Crippen molar-refractivity contribution < 1.29 is 0 Å². The van der Waals surface area contributed by atoms with E-state index < -0.39 is 0 Å². The van der Waals surface area contributed by atoms with Gasteiger partial charge in [-0.2, -0.15) is 0 Å². The van der Waals surface area contributed by atoms with E-state index >= 15 is 0 Å². The van der Waals surface area contributed by atoms with Crippen LogP contribution < -0.4 is 0 Å². The van der Waals surface area contributed by atoms with Crippen molar-refractivity contribution in [3.05, 3.63) is 66.8 Å². The van der Waals surface area contributed by atoms with Gasteiger partial charge < -0.3 is 0 Å². The molecule has 20 heavy (non-hydrogen) atoms. The first-order chi connectivity index (χ1) is 9.85. The minimum Gasteiger partial charge on any atom is -0.290 e. The van der Waals surface area contributed by atoms with Gasteiger partial charge in [0.2, 0.25) is 0 Å². The van der Waals surface area contributed by atoms with Crippen molar-refractivity contribution in [2.24, 2.45) is 0 Å². The van der Waals surface area contributed by atoms with Crippen LogP contribution in [-0.4, -0.2) is 23.5 Å². The molecule has 0 aromatic heterocycles. The van der Waals surface area contributed by atoms with E-state index in [1.165, 1.54) is 34.8 Å². The molecular formula is C19H19N. The van der Waals surface area contributed by atoms with E-state index in [0.717, 1.165) is 12.6 Å². The summed E-state index contributed by atoms with van der Waals surface area (Å²) in [7, 11) is 0. The normalized spacial score (nSPS) is 25.1. The fraction of sp³-hybridized carbons (Fsp3) is 0.263. The molecule has 1 saturated heterocycles. The van der Waals surface area contributed by atoms with Crippen molar-refractivity contribution >= 4 is 16.3 Å². The van der Waals surface area contributed by atoms with E-state index in [-0.39, 0.29) is 0 Å². The Morgan fingerprint density at radius 1 is 1.15 bits per heavy atom. The summed E-state index contributed by atoms with van der Waals surface area (Å²) in [5, 5.41) is 2.67. The van der Waals surface area contributed by atoms with E-state index in [4.69, 9.17) is 0 Å². The van der Waals surface area contributed by atoms with Gasteiger partial charge in [-0.15, -0.1) is 6.58 Å². The number of hydrogen-bond acceptors (Lipinski definition) is 1. The van der Waals surface area contributed by atoms with Crippen LogP contribution in [0, 0.1) is 0 Å². The van der Waals surface area contributed by atoms with Crippen molar-refractivity contribution in [1.82, 2.24) is 4.90 Å². The summed E-state index contributed by atoms with van der Waals surface area (Å²) >= 11 is 0. The molecular weight excluding hydrogens is 242 g/mol. The Kier molecular flexibility index (Phi) is 2.75. The summed E-state index contributed by atoms with van der Waals surface area (Å²) in [6.45, 7) is 4.88. The fourth-order valence-electron chi connectivity index (χ4n) is 3.64. The first-order valence-electron chi connectivity index (χ1n) is 7.41. The molecule has 0 saturated carbocycles. The smallest absolute Gasteiger partial charge is 0.0305 e. The molecule has 2 bridgehead atoms. The van der Waals surface area contributed by atoms with E-state index in [9.17, 15) is 0 Å². The Bertz CT molecular complexity index is 698. The zero-order valence-electron chi connectivity index (χ0n) is 11.6. The quantitative estimate of drug-likeness (QED) is 0.746. The third-order valence-electron chi connectivity index (χ3n) is 4.72. The van der Waals surface area contributed by atoms with Crippen LogP contribution in [0.5, 0.6) is 0 Å². The molecule has 100 valence electrons. The molecule has 1 aliphatic carbocycles. The molecule has 0 radical (unpaired) electrons. The first-order valence-corrected chi connectivity index (χ1v) is 7.41. The molecule has 1 heteroatoms. The Labute approximate surface area is 120 Å². The van der Waals surface area contributed by atoms with Crippen LogP contribution in [0.25, 0.3) is 16.3 Å². The van der Waals surface area contributed by atoms with Crippen molar-refractivity contribution in [2.45, 2.75) is 24.9 Å². The van der Waals surface area contributed by atoms with Gasteiger partial charge in [-0.1, -0.05) is 48.6 Å². The third kappa shape index (κ3) is 1.82. The van der Waals surface area contributed by atoms with Crippen LogP contribution in [-0.2, 0) is 0 Å². The molecule has 2 atom stereocenters. The van der Waals surface area contributed by atoms with Gasteiger partial charge in [-0.3, -0.25) is 4.90 Å². The van der Waals surface area contributed by atoms with Gasteiger partial charge >= 0.3 is 0 Å². The SMILES string of the molecule is C=CCN1C2C=C(c3ccc4ccccc4c3)CC1C2. The molecule has 1 fully saturated rings. The summed E-state index contributed by atoms with van der Waals surface area (Å²) < 4.78 is 0. The second-order valence-corrected chi connectivity index (χ2v) is 5.90.